The third-order valence-electron chi connectivity index (χ3n) is 3.42. The lowest BCUT2D eigenvalue weighted by Gasteiger charge is -2.16. The van der Waals surface area contributed by atoms with E-state index < -0.39 is 0 Å². The van der Waals surface area contributed by atoms with Crippen molar-refractivity contribution in [3.8, 4) is 0 Å². The smallest absolute Gasteiger partial charge is 0.230 e. The van der Waals surface area contributed by atoms with E-state index >= 15 is 0 Å². The summed E-state index contributed by atoms with van der Waals surface area (Å²) in [6.45, 7) is 1.99. The van der Waals surface area contributed by atoms with Crippen molar-refractivity contribution in [2.45, 2.75) is 17.3 Å². The minimum atomic E-state index is -0.0614. The number of nitrogens with one attached hydrogen (secondary N) is 1. The van der Waals surface area contributed by atoms with E-state index in [4.69, 9.17) is 5.73 Å². The van der Waals surface area contributed by atoms with Crippen molar-refractivity contribution in [2.75, 3.05) is 11.5 Å². The van der Waals surface area contributed by atoms with Crippen LogP contribution in [0.1, 0.15) is 18.5 Å². The maximum atomic E-state index is 12.1. The van der Waals surface area contributed by atoms with Crippen LogP contribution in [0.3, 0.4) is 0 Å². The fourth-order valence-corrected chi connectivity index (χ4v) is 3.84. The lowest BCUT2D eigenvalue weighted by molar-refractivity contribution is -0.119. The summed E-state index contributed by atoms with van der Waals surface area (Å²) in [6.07, 6.45) is 0. The van der Waals surface area contributed by atoms with Gasteiger partial charge in [0, 0.05) is 0 Å². The largest absolute Gasteiger partial charge is 0.374 e. The molecular formula is C16H16N4OS2. The second-order valence-electron chi connectivity index (χ2n) is 5.05. The average Bonchev–Trinajstić information content (AvgIpc) is 2.98. The van der Waals surface area contributed by atoms with Gasteiger partial charge in [0.05, 0.1) is 11.8 Å². The molecule has 0 saturated heterocycles. The van der Waals surface area contributed by atoms with Gasteiger partial charge in [0.2, 0.25) is 11.0 Å². The Morgan fingerprint density at radius 3 is 2.83 bits per heavy atom. The first-order chi connectivity index (χ1) is 11.1. The minimum Gasteiger partial charge on any atom is -0.374 e. The van der Waals surface area contributed by atoms with Crippen LogP contribution < -0.4 is 11.1 Å². The van der Waals surface area contributed by atoms with Crippen molar-refractivity contribution < 1.29 is 4.79 Å². The van der Waals surface area contributed by atoms with E-state index in [1.54, 1.807) is 0 Å². The summed E-state index contributed by atoms with van der Waals surface area (Å²) >= 11 is 2.63. The van der Waals surface area contributed by atoms with Gasteiger partial charge in [-0.25, -0.2) is 0 Å². The standard InChI is InChI=1S/C16H16N4OS2/c1-10(12-8-4-6-11-5-2-3-7-13(11)12)18-14(21)9-22-16-20-19-15(17)23-16/h2-8,10H,9H2,1H3,(H2,17,19)(H,18,21)/t10-/m1/s1. The normalized spacial score (nSPS) is 12.2. The molecule has 0 aliphatic rings. The molecule has 3 aromatic rings. The zero-order valence-corrected chi connectivity index (χ0v) is 14.2. The molecule has 0 spiro atoms. The number of nitrogen functional groups attached to an aromatic ring is 1. The molecule has 3 N–H and O–H groups in total. The number of hydrogen-bond acceptors (Lipinski definition) is 6. The van der Waals surface area contributed by atoms with Crippen molar-refractivity contribution in [1.29, 1.82) is 0 Å². The van der Waals surface area contributed by atoms with Crippen LogP contribution in [-0.4, -0.2) is 21.9 Å². The third kappa shape index (κ3) is 3.80. The van der Waals surface area contributed by atoms with Gasteiger partial charge in [-0.05, 0) is 23.3 Å². The van der Waals surface area contributed by atoms with Gasteiger partial charge >= 0.3 is 0 Å². The van der Waals surface area contributed by atoms with Gasteiger partial charge in [0.1, 0.15) is 0 Å². The summed E-state index contributed by atoms with van der Waals surface area (Å²) in [6, 6.07) is 14.2. The Bertz CT molecular complexity index is 828. The number of hydrogen-bond donors (Lipinski definition) is 2. The maximum absolute atomic E-state index is 12.1. The molecule has 23 heavy (non-hydrogen) atoms. The minimum absolute atomic E-state index is 0.0378. The molecule has 0 radical (unpaired) electrons. The molecule has 5 nitrogen and oxygen atoms in total. The number of fused-ring (bicyclic) bond motifs is 1. The van der Waals surface area contributed by atoms with Crippen LogP contribution >= 0.6 is 23.1 Å². The first kappa shape index (κ1) is 15.8. The van der Waals surface area contributed by atoms with Gasteiger partial charge in [-0.2, -0.15) is 0 Å². The average molecular weight is 344 g/mol. The number of nitrogens with zero attached hydrogens (tertiary/aromatic N) is 2. The molecule has 1 atom stereocenters. The van der Waals surface area contributed by atoms with Crippen molar-refractivity contribution >= 4 is 44.9 Å². The number of aromatic nitrogens is 2. The molecule has 0 saturated carbocycles. The molecular weight excluding hydrogens is 328 g/mol. The first-order valence-corrected chi connectivity index (χ1v) is 8.92. The number of anilines is 1. The number of rotatable bonds is 5. The van der Waals surface area contributed by atoms with Crippen LogP contribution in [0.5, 0.6) is 0 Å². The first-order valence-electron chi connectivity index (χ1n) is 7.12. The van der Waals surface area contributed by atoms with Gasteiger partial charge in [0.25, 0.3) is 0 Å². The lowest BCUT2D eigenvalue weighted by Crippen LogP contribution is -2.28. The summed E-state index contributed by atoms with van der Waals surface area (Å²) < 4.78 is 0.704. The highest BCUT2D eigenvalue weighted by atomic mass is 32.2. The highest BCUT2D eigenvalue weighted by Crippen LogP contribution is 2.25. The van der Waals surface area contributed by atoms with E-state index in [0.29, 0.717) is 15.2 Å². The summed E-state index contributed by atoms with van der Waals surface area (Å²) in [4.78, 5) is 12.1. The molecule has 0 fully saturated rings. The number of carbonyl (C=O) groups is 1. The van der Waals surface area contributed by atoms with Gasteiger partial charge in [0.15, 0.2) is 4.34 Å². The fourth-order valence-electron chi connectivity index (χ4n) is 2.39. The molecule has 3 rings (SSSR count). The van der Waals surface area contributed by atoms with E-state index in [-0.39, 0.29) is 11.9 Å². The predicted octanol–water partition coefficient (Wildman–Crippen LogP) is 3.24. The number of thioether (sulfide) groups is 1. The van der Waals surface area contributed by atoms with E-state index in [2.05, 4.69) is 33.7 Å². The Labute approximate surface area is 142 Å². The van der Waals surface area contributed by atoms with Crippen molar-refractivity contribution in [3.05, 3.63) is 48.0 Å². The van der Waals surface area contributed by atoms with Crippen LogP contribution in [0.15, 0.2) is 46.8 Å². The van der Waals surface area contributed by atoms with Crippen LogP contribution in [0, 0.1) is 0 Å². The molecule has 1 aromatic heterocycles. The van der Waals surface area contributed by atoms with Crippen molar-refractivity contribution in [3.63, 3.8) is 0 Å². The monoisotopic (exact) mass is 344 g/mol. The molecule has 1 heterocycles. The molecule has 2 aromatic carbocycles. The molecule has 0 aliphatic heterocycles. The van der Waals surface area contributed by atoms with E-state index in [9.17, 15) is 4.79 Å². The molecule has 0 unspecified atom stereocenters. The second kappa shape index (κ2) is 6.97. The van der Waals surface area contributed by atoms with Crippen LogP contribution in [0.2, 0.25) is 0 Å². The zero-order valence-electron chi connectivity index (χ0n) is 12.5. The Morgan fingerprint density at radius 1 is 1.26 bits per heavy atom. The summed E-state index contributed by atoms with van der Waals surface area (Å²) in [5, 5.41) is 13.4. The second-order valence-corrected chi connectivity index (χ2v) is 7.28. The van der Waals surface area contributed by atoms with Gasteiger partial charge < -0.3 is 11.1 Å². The SMILES string of the molecule is C[C@@H](NC(=O)CSc1nnc(N)s1)c1cccc2ccccc12. The number of amides is 1. The van der Waals surface area contributed by atoms with Crippen molar-refractivity contribution in [2.24, 2.45) is 0 Å². The summed E-state index contributed by atoms with van der Waals surface area (Å²) in [5.74, 6) is 0.258. The lowest BCUT2D eigenvalue weighted by atomic mass is 10.00. The Morgan fingerprint density at radius 2 is 2.04 bits per heavy atom. The Hall–Kier alpha value is -2.12. The third-order valence-corrected chi connectivity index (χ3v) is 5.30. The fraction of sp³-hybridized carbons (Fsp3) is 0.188. The van der Waals surface area contributed by atoms with Crippen molar-refractivity contribution in [1.82, 2.24) is 15.5 Å². The zero-order chi connectivity index (χ0) is 16.2. The molecule has 0 bridgehead atoms. The van der Waals surface area contributed by atoms with E-state index in [0.717, 1.165) is 10.9 Å². The summed E-state index contributed by atoms with van der Waals surface area (Å²) in [7, 11) is 0. The summed E-state index contributed by atoms with van der Waals surface area (Å²) in [5.41, 5.74) is 6.64. The number of carbonyl (C=O) groups excluding carboxylic acids is 1. The topological polar surface area (TPSA) is 80.9 Å². The Kier molecular flexibility index (Phi) is 4.78. The van der Waals surface area contributed by atoms with Gasteiger partial charge in [-0.1, -0.05) is 65.6 Å². The van der Waals surface area contributed by atoms with E-state index in [1.165, 1.54) is 28.5 Å². The highest BCUT2D eigenvalue weighted by Gasteiger charge is 2.13. The number of benzene rings is 2. The quantitative estimate of drug-likeness (QED) is 0.695. The van der Waals surface area contributed by atoms with Gasteiger partial charge in [-0.15, -0.1) is 10.2 Å². The van der Waals surface area contributed by atoms with Crippen LogP contribution in [0.25, 0.3) is 10.8 Å². The molecule has 0 aliphatic carbocycles. The van der Waals surface area contributed by atoms with Crippen LogP contribution in [0.4, 0.5) is 5.13 Å². The van der Waals surface area contributed by atoms with Crippen LogP contribution in [-0.2, 0) is 4.79 Å². The van der Waals surface area contributed by atoms with E-state index in [1.807, 2.05) is 31.2 Å². The maximum Gasteiger partial charge on any atom is 0.230 e. The number of nitrogens with two attached hydrogens (primary N) is 1. The highest BCUT2D eigenvalue weighted by molar-refractivity contribution is 8.01. The van der Waals surface area contributed by atoms with Gasteiger partial charge in [-0.3, -0.25) is 4.79 Å². The molecule has 1 amide bonds. The molecule has 7 heteroatoms. The predicted molar refractivity (Wildman–Crippen MR) is 95.6 cm³/mol. The Balaban J connectivity index is 1.65. The molecule has 118 valence electrons.